The van der Waals surface area contributed by atoms with E-state index < -0.39 is 11.6 Å². The SMILES string of the molecule is CN(c1cccc(C#N)c1)c1ccc(C#N)c(F)c1F. The van der Waals surface area contributed by atoms with Crippen LogP contribution in [0.5, 0.6) is 0 Å². The fraction of sp³-hybridized carbons (Fsp3) is 0.0667. The summed E-state index contributed by atoms with van der Waals surface area (Å²) in [4.78, 5) is 1.42. The normalized spacial score (nSPS) is 9.65. The van der Waals surface area contributed by atoms with Crippen molar-refractivity contribution in [1.29, 1.82) is 10.5 Å². The van der Waals surface area contributed by atoms with Gasteiger partial charge in [0, 0.05) is 12.7 Å². The van der Waals surface area contributed by atoms with Crippen LogP contribution in [0.2, 0.25) is 0 Å². The Bertz CT molecular complexity index is 742. The van der Waals surface area contributed by atoms with Crippen molar-refractivity contribution in [2.45, 2.75) is 0 Å². The van der Waals surface area contributed by atoms with Gasteiger partial charge in [-0.2, -0.15) is 10.5 Å². The number of anilines is 2. The summed E-state index contributed by atoms with van der Waals surface area (Å²) in [5.41, 5.74) is 0.623. The third-order valence-corrected chi connectivity index (χ3v) is 2.91. The molecule has 20 heavy (non-hydrogen) atoms. The third-order valence-electron chi connectivity index (χ3n) is 2.91. The quantitative estimate of drug-likeness (QED) is 0.838. The zero-order chi connectivity index (χ0) is 14.7. The van der Waals surface area contributed by atoms with Crippen LogP contribution in [0.4, 0.5) is 20.2 Å². The highest BCUT2D eigenvalue weighted by atomic mass is 19.2. The van der Waals surface area contributed by atoms with Crippen LogP contribution >= 0.6 is 0 Å². The summed E-state index contributed by atoms with van der Waals surface area (Å²) in [5.74, 6) is -2.26. The Morgan fingerprint density at radius 3 is 2.40 bits per heavy atom. The second-order valence-corrected chi connectivity index (χ2v) is 4.09. The van der Waals surface area contributed by atoms with Crippen LogP contribution in [0.25, 0.3) is 0 Å². The molecule has 0 aliphatic heterocycles. The van der Waals surface area contributed by atoms with E-state index in [-0.39, 0.29) is 11.3 Å². The summed E-state index contributed by atoms with van der Waals surface area (Å²) in [5, 5.41) is 17.5. The molecule has 0 aliphatic carbocycles. The number of nitriles is 2. The molecule has 0 saturated heterocycles. The Labute approximate surface area is 114 Å². The molecule has 0 atom stereocenters. The maximum absolute atomic E-state index is 13.9. The van der Waals surface area contributed by atoms with Gasteiger partial charge in [-0.05, 0) is 30.3 Å². The van der Waals surface area contributed by atoms with E-state index in [4.69, 9.17) is 10.5 Å². The molecule has 0 amide bonds. The Balaban J connectivity index is 2.49. The maximum atomic E-state index is 13.9. The van der Waals surface area contributed by atoms with E-state index in [2.05, 4.69) is 0 Å². The molecule has 0 heterocycles. The molecule has 0 spiro atoms. The number of rotatable bonds is 2. The molecule has 2 rings (SSSR count). The first-order valence-electron chi connectivity index (χ1n) is 5.70. The molecule has 0 aromatic heterocycles. The number of benzene rings is 2. The first kappa shape index (κ1) is 13.5. The van der Waals surface area contributed by atoms with E-state index in [1.165, 1.54) is 17.0 Å². The largest absolute Gasteiger partial charge is 0.342 e. The topological polar surface area (TPSA) is 50.8 Å². The molecule has 0 bridgehead atoms. The summed E-state index contributed by atoms with van der Waals surface area (Å²) in [6.07, 6.45) is 0. The fourth-order valence-electron chi connectivity index (χ4n) is 1.81. The molecule has 0 fully saturated rings. The Hall–Kier alpha value is -2.92. The minimum atomic E-state index is -1.17. The van der Waals surface area contributed by atoms with Crippen molar-refractivity contribution in [1.82, 2.24) is 0 Å². The maximum Gasteiger partial charge on any atom is 0.183 e. The number of hydrogen-bond acceptors (Lipinski definition) is 3. The fourth-order valence-corrected chi connectivity index (χ4v) is 1.81. The van der Waals surface area contributed by atoms with E-state index in [0.717, 1.165) is 0 Å². The highest BCUT2D eigenvalue weighted by Gasteiger charge is 2.17. The predicted octanol–water partition coefficient (Wildman–Crippen LogP) is 3.48. The van der Waals surface area contributed by atoms with Crippen LogP contribution in [0, 0.1) is 34.3 Å². The van der Waals surface area contributed by atoms with E-state index in [9.17, 15) is 8.78 Å². The zero-order valence-corrected chi connectivity index (χ0v) is 10.6. The van der Waals surface area contributed by atoms with E-state index in [0.29, 0.717) is 11.3 Å². The molecule has 2 aromatic carbocycles. The van der Waals surface area contributed by atoms with Gasteiger partial charge >= 0.3 is 0 Å². The number of halogens is 2. The lowest BCUT2D eigenvalue weighted by Gasteiger charge is -2.20. The predicted molar refractivity (Wildman–Crippen MR) is 70.3 cm³/mol. The standard InChI is InChI=1S/C15H9F2N3/c1-20(12-4-2-3-10(7-12)8-18)13-6-5-11(9-19)14(16)15(13)17/h2-7H,1H3. The molecule has 0 saturated carbocycles. The Kier molecular flexibility index (Phi) is 3.63. The van der Waals surface area contributed by atoms with E-state index >= 15 is 0 Å². The lowest BCUT2D eigenvalue weighted by atomic mass is 10.1. The highest BCUT2D eigenvalue weighted by Crippen LogP contribution is 2.29. The van der Waals surface area contributed by atoms with Gasteiger partial charge in [0.05, 0.1) is 22.9 Å². The molecule has 5 heteroatoms. The monoisotopic (exact) mass is 269 g/mol. The molecular formula is C15H9F2N3. The summed E-state index contributed by atoms with van der Waals surface area (Å²) < 4.78 is 27.5. The van der Waals surface area contributed by atoms with Crippen LogP contribution in [-0.2, 0) is 0 Å². The summed E-state index contributed by atoms with van der Waals surface area (Å²) in [6.45, 7) is 0. The van der Waals surface area contributed by atoms with Crippen molar-refractivity contribution >= 4 is 11.4 Å². The van der Waals surface area contributed by atoms with Gasteiger partial charge in [-0.15, -0.1) is 0 Å². The minimum absolute atomic E-state index is 0.00316. The Morgan fingerprint density at radius 2 is 1.75 bits per heavy atom. The van der Waals surface area contributed by atoms with Crippen LogP contribution in [-0.4, -0.2) is 7.05 Å². The van der Waals surface area contributed by atoms with Crippen LogP contribution in [0.1, 0.15) is 11.1 Å². The average molecular weight is 269 g/mol. The van der Waals surface area contributed by atoms with Crippen molar-refractivity contribution in [3.05, 3.63) is 59.2 Å². The van der Waals surface area contributed by atoms with Crippen molar-refractivity contribution < 1.29 is 8.78 Å². The molecule has 0 N–H and O–H groups in total. The van der Waals surface area contributed by atoms with E-state index in [1.54, 1.807) is 37.4 Å². The molecule has 2 aromatic rings. The van der Waals surface area contributed by atoms with Gasteiger partial charge in [0.1, 0.15) is 6.07 Å². The Morgan fingerprint density at radius 1 is 1.00 bits per heavy atom. The first-order valence-corrected chi connectivity index (χ1v) is 5.70. The van der Waals surface area contributed by atoms with E-state index in [1.807, 2.05) is 6.07 Å². The van der Waals surface area contributed by atoms with Crippen molar-refractivity contribution in [2.75, 3.05) is 11.9 Å². The van der Waals surface area contributed by atoms with Gasteiger partial charge in [0.25, 0.3) is 0 Å². The van der Waals surface area contributed by atoms with Crippen molar-refractivity contribution in [2.24, 2.45) is 0 Å². The summed E-state index contributed by atoms with van der Waals surface area (Å²) in [7, 11) is 1.56. The summed E-state index contributed by atoms with van der Waals surface area (Å²) in [6, 6.07) is 12.6. The molecule has 0 unspecified atom stereocenters. The smallest absolute Gasteiger partial charge is 0.183 e. The van der Waals surface area contributed by atoms with Gasteiger partial charge < -0.3 is 4.90 Å². The molecular weight excluding hydrogens is 260 g/mol. The third kappa shape index (κ3) is 2.30. The number of nitrogens with zero attached hydrogens (tertiary/aromatic N) is 3. The van der Waals surface area contributed by atoms with Gasteiger partial charge in [0.2, 0.25) is 0 Å². The van der Waals surface area contributed by atoms with Gasteiger partial charge in [-0.3, -0.25) is 0 Å². The second-order valence-electron chi connectivity index (χ2n) is 4.09. The van der Waals surface area contributed by atoms with Crippen LogP contribution < -0.4 is 4.90 Å². The van der Waals surface area contributed by atoms with Gasteiger partial charge in [-0.25, -0.2) is 8.78 Å². The van der Waals surface area contributed by atoms with Crippen molar-refractivity contribution in [3.8, 4) is 12.1 Å². The lowest BCUT2D eigenvalue weighted by molar-refractivity contribution is 0.507. The summed E-state index contributed by atoms with van der Waals surface area (Å²) >= 11 is 0. The van der Waals surface area contributed by atoms with Crippen LogP contribution in [0.15, 0.2) is 36.4 Å². The highest BCUT2D eigenvalue weighted by molar-refractivity contribution is 5.65. The minimum Gasteiger partial charge on any atom is -0.342 e. The molecule has 0 aliphatic rings. The molecule has 3 nitrogen and oxygen atoms in total. The van der Waals surface area contributed by atoms with Crippen LogP contribution in [0.3, 0.4) is 0 Å². The zero-order valence-electron chi connectivity index (χ0n) is 10.6. The molecule has 0 radical (unpaired) electrons. The van der Waals surface area contributed by atoms with Gasteiger partial charge in [-0.1, -0.05) is 6.07 Å². The van der Waals surface area contributed by atoms with Crippen molar-refractivity contribution in [3.63, 3.8) is 0 Å². The van der Waals surface area contributed by atoms with Gasteiger partial charge in [0.15, 0.2) is 11.6 Å². The second kappa shape index (κ2) is 5.38. The lowest BCUT2D eigenvalue weighted by Crippen LogP contribution is -2.12. The molecule has 98 valence electrons. The first-order chi connectivity index (χ1) is 9.58. The number of hydrogen-bond donors (Lipinski definition) is 0. The average Bonchev–Trinajstić information content (AvgIpc) is 2.49.